The molecule has 0 spiro atoms. The summed E-state index contributed by atoms with van der Waals surface area (Å²) in [5, 5.41) is 0.555. The van der Waals surface area contributed by atoms with Crippen LogP contribution in [-0.4, -0.2) is 37.1 Å². The number of carbonyl (C=O) groups excluding carboxylic acids is 1. The average Bonchev–Trinajstić information content (AvgIpc) is 2.33. The van der Waals surface area contributed by atoms with Crippen LogP contribution in [0.5, 0.6) is 0 Å². The minimum Gasteiger partial charge on any atom is -0.378 e. The highest BCUT2D eigenvalue weighted by atomic mass is 79.9. The predicted molar refractivity (Wildman–Crippen MR) is 65.9 cm³/mol. The Kier molecular flexibility index (Phi) is 3.84. The van der Waals surface area contributed by atoms with Crippen molar-refractivity contribution in [3.8, 4) is 0 Å². The summed E-state index contributed by atoms with van der Waals surface area (Å²) in [6, 6.07) is 5.30. The molecule has 1 saturated heterocycles. The van der Waals surface area contributed by atoms with E-state index in [1.54, 1.807) is 23.1 Å². The van der Waals surface area contributed by atoms with Crippen LogP contribution < -0.4 is 0 Å². The highest BCUT2D eigenvalue weighted by Crippen LogP contribution is 2.27. The fraction of sp³-hybridized carbons (Fsp3) is 0.364. The Balaban J connectivity index is 2.22. The van der Waals surface area contributed by atoms with E-state index in [1.807, 2.05) is 0 Å². The summed E-state index contributed by atoms with van der Waals surface area (Å²) >= 11 is 9.29. The summed E-state index contributed by atoms with van der Waals surface area (Å²) in [5.41, 5.74) is 0.606. The van der Waals surface area contributed by atoms with Crippen molar-refractivity contribution in [3.63, 3.8) is 0 Å². The van der Waals surface area contributed by atoms with Gasteiger partial charge in [0.1, 0.15) is 0 Å². The van der Waals surface area contributed by atoms with Gasteiger partial charge in [0.15, 0.2) is 0 Å². The molecule has 1 amide bonds. The van der Waals surface area contributed by atoms with E-state index in [0.29, 0.717) is 41.4 Å². The Morgan fingerprint density at radius 1 is 1.38 bits per heavy atom. The topological polar surface area (TPSA) is 29.5 Å². The molecule has 2 rings (SSSR count). The number of carbonyl (C=O) groups is 1. The van der Waals surface area contributed by atoms with Crippen LogP contribution in [0.25, 0.3) is 0 Å². The van der Waals surface area contributed by atoms with Crippen LogP contribution >= 0.6 is 27.5 Å². The fourth-order valence-corrected chi connectivity index (χ4v) is 2.21. The second-order valence-electron chi connectivity index (χ2n) is 3.51. The maximum Gasteiger partial charge on any atom is 0.255 e. The summed E-state index contributed by atoms with van der Waals surface area (Å²) in [7, 11) is 0. The van der Waals surface area contributed by atoms with E-state index in [4.69, 9.17) is 16.3 Å². The molecule has 1 aliphatic rings. The molecule has 0 bridgehead atoms. The van der Waals surface area contributed by atoms with Crippen LogP contribution in [0, 0.1) is 0 Å². The summed E-state index contributed by atoms with van der Waals surface area (Å²) < 4.78 is 5.87. The van der Waals surface area contributed by atoms with Gasteiger partial charge in [-0.15, -0.1) is 0 Å². The molecule has 0 atom stereocenters. The molecule has 5 heteroatoms. The third-order valence-corrected chi connectivity index (χ3v) is 3.88. The molecule has 0 unspecified atom stereocenters. The third kappa shape index (κ3) is 2.39. The number of hydrogen-bond donors (Lipinski definition) is 0. The van der Waals surface area contributed by atoms with Gasteiger partial charge in [0.2, 0.25) is 0 Å². The molecule has 0 N–H and O–H groups in total. The van der Waals surface area contributed by atoms with Crippen LogP contribution in [0.1, 0.15) is 10.4 Å². The molecule has 0 radical (unpaired) electrons. The average molecular weight is 305 g/mol. The second-order valence-corrected chi connectivity index (χ2v) is 4.71. The van der Waals surface area contributed by atoms with Crippen LogP contribution in [0.3, 0.4) is 0 Å². The van der Waals surface area contributed by atoms with Gasteiger partial charge in [-0.2, -0.15) is 0 Å². The zero-order valence-electron chi connectivity index (χ0n) is 8.58. The van der Waals surface area contributed by atoms with Crippen molar-refractivity contribution in [3.05, 3.63) is 33.3 Å². The maximum absolute atomic E-state index is 12.2. The third-order valence-electron chi connectivity index (χ3n) is 2.48. The van der Waals surface area contributed by atoms with E-state index in [2.05, 4.69) is 15.9 Å². The second kappa shape index (κ2) is 5.17. The molecule has 3 nitrogen and oxygen atoms in total. The van der Waals surface area contributed by atoms with Gasteiger partial charge in [-0.3, -0.25) is 4.79 Å². The Labute approximate surface area is 107 Å². The van der Waals surface area contributed by atoms with Crippen LogP contribution in [0.4, 0.5) is 0 Å². The number of amides is 1. The fourth-order valence-electron chi connectivity index (χ4n) is 1.61. The molecule has 1 heterocycles. The van der Waals surface area contributed by atoms with Gasteiger partial charge in [-0.25, -0.2) is 0 Å². The van der Waals surface area contributed by atoms with Gasteiger partial charge in [0.05, 0.1) is 23.8 Å². The summed E-state index contributed by atoms with van der Waals surface area (Å²) in [6.07, 6.45) is 0. The normalized spacial score (nSPS) is 16.2. The van der Waals surface area contributed by atoms with E-state index >= 15 is 0 Å². The largest absolute Gasteiger partial charge is 0.378 e. The van der Waals surface area contributed by atoms with Crippen LogP contribution in [0.15, 0.2) is 22.7 Å². The predicted octanol–water partition coefficient (Wildman–Crippen LogP) is 2.57. The first-order valence-corrected chi connectivity index (χ1v) is 6.18. The highest BCUT2D eigenvalue weighted by molar-refractivity contribution is 9.10. The smallest absolute Gasteiger partial charge is 0.255 e. The minimum absolute atomic E-state index is 0.00215. The van der Waals surface area contributed by atoms with Crippen molar-refractivity contribution in [2.45, 2.75) is 0 Å². The minimum atomic E-state index is -0.00215. The lowest BCUT2D eigenvalue weighted by Gasteiger charge is -2.27. The lowest BCUT2D eigenvalue weighted by molar-refractivity contribution is 0.0302. The van der Waals surface area contributed by atoms with Gasteiger partial charge >= 0.3 is 0 Å². The van der Waals surface area contributed by atoms with Crippen molar-refractivity contribution in [1.82, 2.24) is 4.90 Å². The first-order chi connectivity index (χ1) is 7.70. The van der Waals surface area contributed by atoms with Gasteiger partial charge in [-0.05, 0) is 28.1 Å². The number of rotatable bonds is 1. The molecular weight excluding hydrogens is 293 g/mol. The first kappa shape index (κ1) is 11.9. The lowest BCUT2D eigenvalue weighted by atomic mass is 10.2. The van der Waals surface area contributed by atoms with Crippen molar-refractivity contribution >= 4 is 33.4 Å². The zero-order chi connectivity index (χ0) is 11.5. The first-order valence-electron chi connectivity index (χ1n) is 5.01. The summed E-state index contributed by atoms with van der Waals surface area (Å²) in [5.74, 6) is -0.00215. The van der Waals surface area contributed by atoms with Crippen molar-refractivity contribution in [1.29, 1.82) is 0 Å². The Morgan fingerprint density at radius 2 is 2.06 bits per heavy atom. The number of morpholine rings is 1. The molecule has 1 aliphatic heterocycles. The SMILES string of the molecule is O=C(c1cccc(Cl)c1Br)N1CCOCC1. The van der Waals surface area contributed by atoms with Gasteiger partial charge in [0, 0.05) is 17.6 Å². The number of halogens is 2. The van der Waals surface area contributed by atoms with E-state index < -0.39 is 0 Å². The van der Waals surface area contributed by atoms with Crippen molar-refractivity contribution < 1.29 is 9.53 Å². The molecule has 0 saturated carbocycles. The molecule has 0 aliphatic carbocycles. The molecular formula is C11H11BrClNO2. The van der Waals surface area contributed by atoms with E-state index in [0.717, 1.165) is 0 Å². The van der Waals surface area contributed by atoms with E-state index in [1.165, 1.54) is 0 Å². The summed E-state index contributed by atoms with van der Waals surface area (Å²) in [4.78, 5) is 13.9. The molecule has 86 valence electrons. The van der Waals surface area contributed by atoms with Crippen molar-refractivity contribution in [2.75, 3.05) is 26.3 Å². The monoisotopic (exact) mass is 303 g/mol. The molecule has 16 heavy (non-hydrogen) atoms. The van der Waals surface area contributed by atoms with Crippen molar-refractivity contribution in [2.24, 2.45) is 0 Å². The van der Waals surface area contributed by atoms with Gasteiger partial charge < -0.3 is 9.64 Å². The maximum atomic E-state index is 12.2. The number of nitrogens with zero attached hydrogens (tertiary/aromatic N) is 1. The highest BCUT2D eigenvalue weighted by Gasteiger charge is 2.20. The Bertz CT molecular complexity index is 405. The molecule has 1 aromatic rings. The number of ether oxygens (including phenoxy) is 1. The van der Waals surface area contributed by atoms with Crippen LogP contribution in [0.2, 0.25) is 5.02 Å². The number of benzene rings is 1. The standard InChI is InChI=1S/C11H11BrClNO2/c12-10-8(2-1-3-9(10)13)11(15)14-4-6-16-7-5-14/h1-3H,4-7H2. The number of hydrogen-bond acceptors (Lipinski definition) is 2. The Morgan fingerprint density at radius 3 is 2.75 bits per heavy atom. The molecule has 0 aromatic heterocycles. The molecule has 1 fully saturated rings. The van der Waals surface area contributed by atoms with Gasteiger partial charge in [0.25, 0.3) is 5.91 Å². The van der Waals surface area contributed by atoms with E-state index in [9.17, 15) is 4.79 Å². The lowest BCUT2D eigenvalue weighted by Crippen LogP contribution is -2.40. The Hall–Kier alpha value is -0.580. The summed E-state index contributed by atoms with van der Waals surface area (Å²) in [6.45, 7) is 2.48. The van der Waals surface area contributed by atoms with Gasteiger partial charge in [-0.1, -0.05) is 17.7 Å². The van der Waals surface area contributed by atoms with Crippen LogP contribution in [-0.2, 0) is 4.74 Å². The quantitative estimate of drug-likeness (QED) is 0.798. The van der Waals surface area contributed by atoms with E-state index in [-0.39, 0.29) is 5.91 Å². The molecule has 1 aromatic carbocycles. The zero-order valence-corrected chi connectivity index (χ0v) is 10.9.